The number of aromatic nitrogens is 1. The second-order valence-corrected chi connectivity index (χ2v) is 7.87. The van der Waals surface area contributed by atoms with Crippen molar-refractivity contribution in [1.29, 1.82) is 0 Å². The average molecular weight is 407 g/mol. The molecule has 0 radical (unpaired) electrons. The van der Waals surface area contributed by atoms with Crippen molar-refractivity contribution in [2.24, 2.45) is 0 Å². The zero-order valence-corrected chi connectivity index (χ0v) is 17.8. The maximum absolute atomic E-state index is 12.5. The molecule has 0 amide bonds. The lowest BCUT2D eigenvalue weighted by molar-refractivity contribution is 0.0517. The van der Waals surface area contributed by atoms with Crippen molar-refractivity contribution < 1.29 is 14.3 Å². The Morgan fingerprint density at radius 1 is 1.13 bits per heavy atom. The first-order chi connectivity index (χ1) is 14.7. The molecule has 0 aliphatic carbocycles. The Morgan fingerprint density at radius 2 is 1.93 bits per heavy atom. The van der Waals surface area contributed by atoms with Gasteiger partial charge in [-0.2, -0.15) is 0 Å². The van der Waals surface area contributed by atoms with E-state index in [2.05, 4.69) is 11.8 Å². The fourth-order valence-corrected chi connectivity index (χ4v) is 4.26. The van der Waals surface area contributed by atoms with Crippen molar-refractivity contribution in [3.05, 3.63) is 60.3 Å². The molecule has 1 aromatic heterocycles. The van der Waals surface area contributed by atoms with Gasteiger partial charge in [0.25, 0.3) is 0 Å². The first-order valence-corrected chi connectivity index (χ1v) is 10.9. The van der Waals surface area contributed by atoms with Crippen molar-refractivity contribution in [2.75, 3.05) is 26.3 Å². The molecule has 1 unspecified atom stereocenters. The lowest BCUT2D eigenvalue weighted by atomic mass is 10.2. The number of hydrogen-bond donors (Lipinski definition) is 0. The highest BCUT2D eigenvalue weighted by molar-refractivity contribution is 5.97. The molecule has 2 heterocycles. The number of hydrogen-bond acceptors (Lipinski definition) is 4. The Balaban J connectivity index is 1.46. The molecule has 4 rings (SSSR count). The number of esters is 1. The van der Waals surface area contributed by atoms with Gasteiger partial charge in [0.2, 0.25) is 0 Å². The van der Waals surface area contributed by atoms with Gasteiger partial charge in [-0.3, -0.25) is 0 Å². The lowest BCUT2D eigenvalue weighted by Crippen LogP contribution is -2.28. The highest BCUT2D eigenvalue weighted by atomic mass is 16.5. The SMILES string of the molecule is CCOC(=O)c1cc2ccccc2n1-c1ccc(OCCCN2CCCC2C)cc1. The number of carbonyl (C=O) groups excluding carboxylic acids is 1. The maximum Gasteiger partial charge on any atom is 0.355 e. The van der Waals surface area contributed by atoms with E-state index < -0.39 is 0 Å². The average Bonchev–Trinajstić information content (AvgIpc) is 3.35. The quantitative estimate of drug-likeness (QED) is 0.387. The molecule has 158 valence electrons. The van der Waals surface area contributed by atoms with Crippen LogP contribution in [-0.4, -0.2) is 47.8 Å². The van der Waals surface area contributed by atoms with Gasteiger partial charge in [0.15, 0.2) is 0 Å². The number of likely N-dealkylation sites (tertiary alicyclic amines) is 1. The molecule has 0 bridgehead atoms. The van der Waals surface area contributed by atoms with Crippen molar-refractivity contribution in [3.63, 3.8) is 0 Å². The summed E-state index contributed by atoms with van der Waals surface area (Å²) in [5.74, 6) is 0.535. The second kappa shape index (κ2) is 9.35. The second-order valence-electron chi connectivity index (χ2n) is 7.87. The molecule has 0 N–H and O–H groups in total. The van der Waals surface area contributed by atoms with E-state index in [1.807, 2.05) is 66.1 Å². The fraction of sp³-hybridized carbons (Fsp3) is 0.400. The summed E-state index contributed by atoms with van der Waals surface area (Å²) >= 11 is 0. The van der Waals surface area contributed by atoms with Crippen molar-refractivity contribution in [1.82, 2.24) is 9.47 Å². The predicted octanol–water partition coefficient (Wildman–Crippen LogP) is 5.06. The van der Waals surface area contributed by atoms with E-state index >= 15 is 0 Å². The topological polar surface area (TPSA) is 43.7 Å². The zero-order valence-electron chi connectivity index (χ0n) is 17.8. The van der Waals surface area contributed by atoms with Crippen molar-refractivity contribution >= 4 is 16.9 Å². The summed E-state index contributed by atoms with van der Waals surface area (Å²) in [5, 5.41) is 1.01. The molecule has 1 fully saturated rings. The lowest BCUT2D eigenvalue weighted by Gasteiger charge is -2.20. The van der Waals surface area contributed by atoms with Gasteiger partial charge in [-0.1, -0.05) is 18.2 Å². The largest absolute Gasteiger partial charge is 0.494 e. The molecule has 0 saturated carbocycles. The molecule has 30 heavy (non-hydrogen) atoms. The van der Waals surface area contributed by atoms with Crippen molar-refractivity contribution in [2.45, 2.75) is 39.2 Å². The minimum Gasteiger partial charge on any atom is -0.494 e. The van der Waals surface area contributed by atoms with Crippen LogP contribution in [0.5, 0.6) is 5.75 Å². The number of carbonyl (C=O) groups is 1. The van der Waals surface area contributed by atoms with Crippen LogP contribution in [0.3, 0.4) is 0 Å². The molecule has 2 aromatic carbocycles. The van der Waals surface area contributed by atoms with Gasteiger partial charge in [-0.25, -0.2) is 4.79 Å². The Kier molecular flexibility index (Phi) is 6.38. The third-order valence-corrected chi connectivity index (χ3v) is 5.84. The summed E-state index contributed by atoms with van der Waals surface area (Å²) in [7, 11) is 0. The molecule has 1 aliphatic heterocycles. The van der Waals surface area contributed by atoms with Gasteiger partial charge in [-0.05, 0) is 76.1 Å². The van der Waals surface area contributed by atoms with Crippen LogP contribution in [0.1, 0.15) is 43.6 Å². The van der Waals surface area contributed by atoms with Crippen LogP contribution in [0.2, 0.25) is 0 Å². The normalized spacial score (nSPS) is 16.8. The fourth-order valence-electron chi connectivity index (χ4n) is 4.26. The third kappa shape index (κ3) is 4.36. The number of fused-ring (bicyclic) bond motifs is 1. The van der Waals surface area contributed by atoms with E-state index in [9.17, 15) is 4.79 Å². The Hall–Kier alpha value is -2.79. The number of nitrogens with zero attached hydrogens (tertiary/aromatic N) is 2. The standard InChI is InChI=1S/C25H30N2O3/c1-3-29-25(28)24-18-20-9-4-5-10-23(20)27(24)21-11-13-22(14-12-21)30-17-7-16-26-15-6-8-19(26)2/h4-5,9-14,18-19H,3,6-8,15-17H2,1-2H3. The number of ether oxygens (including phenoxy) is 2. The van der Waals surface area contributed by atoms with E-state index in [1.54, 1.807) is 0 Å². The molecule has 5 heteroatoms. The summed E-state index contributed by atoms with van der Waals surface area (Å²) in [5.41, 5.74) is 2.43. The molecular formula is C25H30N2O3. The molecule has 3 aromatic rings. The highest BCUT2D eigenvalue weighted by Crippen LogP contribution is 2.26. The van der Waals surface area contributed by atoms with Gasteiger partial charge in [-0.15, -0.1) is 0 Å². The maximum atomic E-state index is 12.5. The van der Waals surface area contributed by atoms with Crippen LogP contribution in [-0.2, 0) is 4.74 Å². The minimum atomic E-state index is -0.315. The van der Waals surface area contributed by atoms with Crippen LogP contribution < -0.4 is 4.74 Å². The zero-order chi connectivity index (χ0) is 20.9. The molecule has 5 nitrogen and oxygen atoms in total. The van der Waals surface area contributed by atoms with Gasteiger partial charge < -0.3 is 18.9 Å². The van der Waals surface area contributed by atoms with Crippen LogP contribution in [0.25, 0.3) is 16.6 Å². The Bertz CT molecular complexity index is 993. The van der Waals surface area contributed by atoms with Crippen LogP contribution >= 0.6 is 0 Å². The molecule has 1 saturated heterocycles. The van der Waals surface area contributed by atoms with Gasteiger partial charge in [0.05, 0.1) is 18.7 Å². The first kappa shape index (κ1) is 20.5. The summed E-state index contributed by atoms with van der Waals surface area (Å²) < 4.78 is 13.2. The summed E-state index contributed by atoms with van der Waals surface area (Å²) in [4.78, 5) is 15.1. The number of rotatable bonds is 8. The van der Waals surface area contributed by atoms with E-state index in [1.165, 1.54) is 19.4 Å². The van der Waals surface area contributed by atoms with E-state index in [4.69, 9.17) is 9.47 Å². The molecule has 0 spiro atoms. The monoisotopic (exact) mass is 406 g/mol. The minimum absolute atomic E-state index is 0.315. The molecule has 1 atom stereocenters. The van der Waals surface area contributed by atoms with Crippen molar-refractivity contribution in [3.8, 4) is 11.4 Å². The molecule has 1 aliphatic rings. The van der Waals surface area contributed by atoms with Gasteiger partial charge >= 0.3 is 5.97 Å². The highest BCUT2D eigenvalue weighted by Gasteiger charge is 2.19. The van der Waals surface area contributed by atoms with Crippen LogP contribution in [0, 0.1) is 0 Å². The summed E-state index contributed by atoms with van der Waals surface area (Å²) in [6, 6.07) is 18.5. The third-order valence-electron chi connectivity index (χ3n) is 5.84. The Morgan fingerprint density at radius 3 is 2.67 bits per heavy atom. The van der Waals surface area contributed by atoms with Gasteiger partial charge in [0, 0.05) is 23.7 Å². The van der Waals surface area contributed by atoms with E-state index in [-0.39, 0.29) is 5.97 Å². The number of para-hydroxylation sites is 1. The van der Waals surface area contributed by atoms with Gasteiger partial charge in [0.1, 0.15) is 11.4 Å². The summed E-state index contributed by atoms with van der Waals surface area (Å²) in [6.07, 6.45) is 3.65. The molecular weight excluding hydrogens is 376 g/mol. The van der Waals surface area contributed by atoms with E-state index in [0.29, 0.717) is 24.9 Å². The van der Waals surface area contributed by atoms with E-state index in [0.717, 1.165) is 35.3 Å². The Labute approximate surface area is 178 Å². The van der Waals surface area contributed by atoms with Crippen LogP contribution in [0.4, 0.5) is 0 Å². The first-order valence-electron chi connectivity index (χ1n) is 10.9. The summed E-state index contributed by atoms with van der Waals surface area (Å²) in [6.45, 7) is 7.50. The number of benzene rings is 2. The smallest absolute Gasteiger partial charge is 0.355 e. The van der Waals surface area contributed by atoms with Crippen LogP contribution in [0.15, 0.2) is 54.6 Å². The predicted molar refractivity (Wildman–Crippen MR) is 120 cm³/mol.